The van der Waals surface area contributed by atoms with E-state index < -0.39 is 0 Å². The van der Waals surface area contributed by atoms with E-state index in [-0.39, 0.29) is 0 Å². The molecular formula is C54H34N2O2. The molecule has 58 heavy (non-hydrogen) atoms. The molecule has 9 aromatic carbocycles. The first-order valence-corrected chi connectivity index (χ1v) is 19.7. The van der Waals surface area contributed by atoms with Gasteiger partial charge in [-0.25, -0.2) is 0 Å². The summed E-state index contributed by atoms with van der Waals surface area (Å²) in [6.07, 6.45) is 0. The molecule has 0 amide bonds. The van der Waals surface area contributed by atoms with Crippen molar-refractivity contribution in [2.45, 2.75) is 0 Å². The number of para-hydroxylation sites is 6. The molecule has 3 aromatic heterocycles. The Balaban J connectivity index is 1.04. The van der Waals surface area contributed by atoms with Crippen molar-refractivity contribution in [2.75, 3.05) is 4.90 Å². The topological polar surface area (TPSA) is 34.5 Å². The van der Waals surface area contributed by atoms with Crippen LogP contribution in [0.5, 0.6) is 0 Å². The highest BCUT2D eigenvalue weighted by Crippen LogP contribution is 2.47. The van der Waals surface area contributed by atoms with Gasteiger partial charge in [-0.05, 0) is 77.4 Å². The van der Waals surface area contributed by atoms with Crippen molar-refractivity contribution < 1.29 is 8.83 Å². The third kappa shape index (κ3) is 4.88. The van der Waals surface area contributed by atoms with Crippen LogP contribution in [0.2, 0.25) is 0 Å². The van der Waals surface area contributed by atoms with Crippen LogP contribution in [-0.2, 0) is 0 Å². The van der Waals surface area contributed by atoms with Gasteiger partial charge < -0.3 is 18.3 Å². The highest BCUT2D eigenvalue weighted by Gasteiger charge is 2.24. The van der Waals surface area contributed by atoms with Gasteiger partial charge in [-0.1, -0.05) is 146 Å². The Morgan fingerprint density at radius 1 is 0.345 bits per heavy atom. The second kappa shape index (κ2) is 12.9. The maximum atomic E-state index is 6.67. The van der Waals surface area contributed by atoms with Gasteiger partial charge in [-0.15, -0.1) is 0 Å². The number of benzene rings is 9. The summed E-state index contributed by atoms with van der Waals surface area (Å²) in [4.78, 5) is 2.32. The van der Waals surface area contributed by atoms with Crippen LogP contribution in [0.25, 0.3) is 93.6 Å². The minimum atomic E-state index is 0.838. The second-order valence-electron chi connectivity index (χ2n) is 14.8. The summed E-state index contributed by atoms with van der Waals surface area (Å²) in [7, 11) is 0. The molecule has 0 aliphatic carbocycles. The van der Waals surface area contributed by atoms with E-state index in [9.17, 15) is 0 Å². The van der Waals surface area contributed by atoms with Crippen molar-refractivity contribution in [1.82, 2.24) is 4.57 Å². The number of furan rings is 2. The zero-order chi connectivity index (χ0) is 38.2. The van der Waals surface area contributed by atoms with Crippen molar-refractivity contribution in [3.05, 3.63) is 206 Å². The first-order chi connectivity index (χ1) is 28.8. The van der Waals surface area contributed by atoms with Crippen LogP contribution in [0.1, 0.15) is 0 Å². The molecule has 0 aliphatic rings. The molecule has 4 nitrogen and oxygen atoms in total. The van der Waals surface area contributed by atoms with Gasteiger partial charge in [-0.3, -0.25) is 0 Å². The van der Waals surface area contributed by atoms with E-state index in [1.165, 1.54) is 32.9 Å². The average Bonchev–Trinajstić information content (AvgIpc) is 3.97. The molecule has 0 bridgehead atoms. The molecule has 0 unspecified atom stereocenters. The predicted molar refractivity (Wildman–Crippen MR) is 241 cm³/mol. The Labute approximate surface area is 334 Å². The van der Waals surface area contributed by atoms with Crippen LogP contribution in [0.15, 0.2) is 215 Å². The molecule has 12 aromatic rings. The molecule has 0 radical (unpaired) electrons. The minimum absolute atomic E-state index is 0.838. The Morgan fingerprint density at radius 3 is 1.64 bits per heavy atom. The predicted octanol–water partition coefficient (Wildman–Crippen LogP) is 15.4. The summed E-state index contributed by atoms with van der Waals surface area (Å²) in [5.41, 5.74) is 14.6. The monoisotopic (exact) mass is 742 g/mol. The summed E-state index contributed by atoms with van der Waals surface area (Å²) < 4.78 is 15.5. The summed E-state index contributed by atoms with van der Waals surface area (Å²) in [5, 5.41) is 6.80. The van der Waals surface area contributed by atoms with E-state index in [1.807, 2.05) is 24.3 Å². The summed E-state index contributed by atoms with van der Waals surface area (Å²) in [6.45, 7) is 0. The van der Waals surface area contributed by atoms with Crippen molar-refractivity contribution in [2.24, 2.45) is 0 Å². The molecule has 0 fully saturated rings. The van der Waals surface area contributed by atoms with Crippen LogP contribution in [0, 0.1) is 0 Å². The maximum absolute atomic E-state index is 6.67. The van der Waals surface area contributed by atoms with Gasteiger partial charge >= 0.3 is 0 Å². The van der Waals surface area contributed by atoms with E-state index in [0.29, 0.717) is 0 Å². The zero-order valence-corrected chi connectivity index (χ0v) is 31.3. The zero-order valence-electron chi connectivity index (χ0n) is 31.3. The van der Waals surface area contributed by atoms with Crippen LogP contribution in [-0.4, -0.2) is 4.57 Å². The van der Waals surface area contributed by atoms with Crippen molar-refractivity contribution in [1.29, 1.82) is 0 Å². The molecule has 272 valence electrons. The lowest BCUT2D eigenvalue weighted by molar-refractivity contribution is 0.668. The van der Waals surface area contributed by atoms with E-state index in [4.69, 9.17) is 8.83 Å². The van der Waals surface area contributed by atoms with Gasteiger partial charge in [0.15, 0.2) is 5.58 Å². The van der Waals surface area contributed by atoms with Crippen molar-refractivity contribution >= 4 is 82.7 Å². The highest BCUT2D eigenvalue weighted by molar-refractivity contribution is 6.16. The summed E-state index contributed by atoms with van der Waals surface area (Å²) in [6, 6.07) is 73.1. The average molecular weight is 743 g/mol. The Hall–Kier alpha value is -7.82. The molecule has 0 aliphatic heterocycles. The van der Waals surface area contributed by atoms with Gasteiger partial charge in [-0.2, -0.15) is 0 Å². The fraction of sp³-hybridized carbons (Fsp3) is 0. The molecule has 0 saturated heterocycles. The molecule has 0 saturated carbocycles. The number of hydrogen-bond donors (Lipinski definition) is 0. The van der Waals surface area contributed by atoms with Gasteiger partial charge in [0.1, 0.15) is 16.7 Å². The quantitative estimate of drug-likeness (QED) is 0.170. The lowest BCUT2D eigenvalue weighted by atomic mass is 9.93. The van der Waals surface area contributed by atoms with Crippen LogP contribution < -0.4 is 4.90 Å². The lowest BCUT2D eigenvalue weighted by Crippen LogP contribution is -2.10. The third-order valence-corrected chi connectivity index (χ3v) is 11.6. The SMILES string of the molecule is c1ccc(-c2ccccc2-n2c3ccccc3c3ccccc32)c(-c2ccc(N(c3cccc4c3oc3ccccc34)c3cccc4oc5ccccc5c34)cc2)c1. The van der Waals surface area contributed by atoms with Gasteiger partial charge in [0, 0.05) is 38.2 Å². The molecule has 0 N–H and O–H groups in total. The normalized spacial score (nSPS) is 11.8. The smallest absolute Gasteiger partial charge is 0.159 e. The molecule has 3 heterocycles. The van der Waals surface area contributed by atoms with Crippen LogP contribution >= 0.6 is 0 Å². The molecular weight excluding hydrogens is 709 g/mol. The second-order valence-corrected chi connectivity index (χ2v) is 14.8. The number of nitrogens with zero attached hydrogens (tertiary/aromatic N) is 2. The molecule has 12 rings (SSSR count). The van der Waals surface area contributed by atoms with E-state index >= 15 is 0 Å². The van der Waals surface area contributed by atoms with Crippen LogP contribution in [0.4, 0.5) is 17.1 Å². The first kappa shape index (κ1) is 32.4. The fourth-order valence-electron chi connectivity index (χ4n) is 9.10. The Kier molecular flexibility index (Phi) is 7.20. The largest absolute Gasteiger partial charge is 0.456 e. The maximum Gasteiger partial charge on any atom is 0.159 e. The molecule has 0 spiro atoms. The number of aromatic nitrogens is 1. The first-order valence-electron chi connectivity index (χ1n) is 19.7. The number of rotatable bonds is 6. The standard InChI is InChI=1S/C54H34N2O2/c1-2-16-38(39-17-3-8-23-45(39)56-46-24-9-4-18-40(46)41-19-5-10-25-47(41)56)37(15-1)35-31-33-36(34-32-35)55(48-26-14-30-52-53(48)44-21-7-12-29-51(44)57-52)49-27-13-22-43-42-20-6-11-28-50(42)58-54(43)49/h1-34H. The van der Waals surface area contributed by atoms with E-state index in [0.717, 1.165) is 77.8 Å². The number of anilines is 3. The van der Waals surface area contributed by atoms with Crippen molar-refractivity contribution in [3.8, 4) is 27.9 Å². The molecule has 4 heteroatoms. The fourth-order valence-corrected chi connectivity index (χ4v) is 9.10. The Bertz CT molecular complexity index is 3480. The minimum Gasteiger partial charge on any atom is -0.456 e. The van der Waals surface area contributed by atoms with E-state index in [1.54, 1.807) is 0 Å². The van der Waals surface area contributed by atoms with Gasteiger partial charge in [0.2, 0.25) is 0 Å². The number of hydrogen-bond acceptors (Lipinski definition) is 3. The van der Waals surface area contributed by atoms with Crippen LogP contribution in [0.3, 0.4) is 0 Å². The lowest BCUT2D eigenvalue weighted by Gasteiger charge is -2.26. The third-order valence-electron chi connectivity index (χ3n) is 11.6. The highest BCUT2D eigenvalue weighted by atomic mass is 16.3. The van der Waals surface area contributed by atoms with Gasteiger partial charge in [0.25, 0.3) is 0 Å². The molecule has 0 atom stereocenters. The van der Waals surface area contributed by atoms with E-state index in [2.05, 4.69) is 191 Å². The van der Waals surface area contributed by atoms with Crippen molar-refractivity contribution in [3.63, 3.8) is 0 Å². The number of fused-ring (bicyclic) bond motifs is 9. The van der Waals surface area contributed by atoms with Gasteiger partial charge in [0.05, 0.1) is 33.5 Å². The summed E-state index contributed by atoms with van der Waals surface area (Å²) in [5.74, 6) is 0. The summed E-state index contributed by atoms with van der Waals surface area (Å²) >= 11 is 0. The Morgan fingerprint density at radius 2 is 0.879 bits per heavy atom.